The summed E-state index contributed by atoms with van der Waals surface area (Å²) >= 11 is 0. The van der Waals surface area contributed by atoms with E-state index in [0.29, 0.717) is 16.8 Å². The van der Waals surface area contributed by atoms with Crippen LogP contribution >= 0.6 is 0 Å². The molecule has 2 aromatic carbocycles. The zero-order valence-corrected chi connectivity index (χ0v) is 14.7. The number of rotatable bonds is 6. The van der Waals surface area contributed by atoms with Gasteiger partial charge in [-0.25, -0.2) is 0 Å². The first-order chi connectivity index (χ1) is 11.9. The normalized spacial score (nSPS) is 11.9. The third-order valence-corrected chi connectivity index (χ3v) is 4.03. The second kappa shape index (κ2) is 8.44. The molecule has 0 bridgehead atoms. The number of carbonyl (C=O) groups excluding carboxylic acids is 2. The summed E-state index contributed by atoms with van der Waals surface area (Å²) in [6.45, 7) is 5.83. The van der Waals surface area contributed by atoms with E-state index in [-0.39, 0.29) is 24.3 Å². The molecule has 0 saturated carbocycles. The van der Waals surface area contributed by atoms with Gasteiger partial charge in [-0.1, -0.05) is 38.1 Å². The summed E-state index contributed by atoms with van der Waals surface area (Å²) in [5.41, 5.74) is 2.44. The van der Waals surface area contributed by atoms with Crippen LogP contribution in [0, 0.1) is 12.8 Å². The lowest BCUT2D eigenvalue weighted by Crippen LogP contribution is -2.34. The minimum absolute atomic E-state index is 0.0686. The van der Waals surface area contributed by atoms with E-state index in [1.807, 2.05) is 26.8 Å². The first-order valence-corrected chi connectivity index (χ1v) is 8.32. The Hall–Kier alpha value is -2.66. The summed E-state index contributed by atoms with van der Waals surface area (Å²) < 4.78 is 0. The summed E-state index contributed by atoms with van der Waals surface area (Å²) in [6, 6.07) is 14.0. The number of aliphatic hydroxyl groups excluding tert-OH is 1. The fraction of sp³-hybridized carbons (Fsp3) is 0.300. The minimum atomic E-state index is -0.591. The molecule has 25 heavy (non-hydrogen) atoms. The van der Waals surface area contributed by atoms with E-state index in [9.17, 15) is 14.7 Å². The Labute approximate surface area is 148 Å². The molecular weight excluding hydrogens is 316 g/mol. The van der Waals surface area contributed by atoms with Gasteiger partial charge in [-0.2, -0.15) is 0 Å². The lowest BCUT2D eigenvalue weighted by atomic mass is 10.1. The molecule has 0 fully saturated rings. The van der Waals surface area contributed by atoms with Crippen molar-refractivity contribution in [3.8, 4) is 0 Å². The van der Waals surface area contributed by atoms with E-state index in [1.54, 1.807) is 42.5 Å². The Morgan fingerprint density at radius 2 is 1.68 bits per heavy atom. The minimum Gasteiger partial charge on any atom is -0.391 e. The van der Waals surface area contributed by atoms with Gasteiger partial charge in [0.05, 0.1) is 6.10 Å². The highest BCUT2D eigenvalue weighted by molar-refractivity contribution is 6.05. The standard InChI is InChI=1S/C20H24N2O3/c1-13(2)18(23)12-21-19(24)16-10-9-14(3)17(11-16)22-20(25)15-7-5-4-6-8-15/h4-11,13,18,23H,12H2,1-3H3,(H,21,24)(H,22,25). The monoisotopic (exact) mass is 340 g/mol. The molecule has 0 aromatic heterocycles. The van der Waals surface area contributed by atoms with Gasteiger partial charge in [-0.3, -0.25) is 9.59 Å². The number of nitrogens with one attached hydrogen (secondary N) is 2. The lowest BCUT2D eigenvalue weighted by Gasteiger charge is -2.15. The van der Waals surface area contributed by atoms with Crippen LogP contribution in [0.2, 0.25) is 0 Å². The zero-order valence-electron chi connectivity index (χ0n) is 14.7. The van der Waals surface area contributed by atoms with Crippen molar-refractivity contribution in [2.45, 2.75) is 26.9 Å². The lowest BCUT2D eigenvalue weighted by molar-refractivity contribution is 0.0871. The summed E-state index contributed by atoms with van der Waals surface area (Å²) in [5.74, 6) is -0.439. The number of aliphatic hydroxyl groups is 1. The average molecular weight is 340 g/mol. The predicted octanol–water partition coefficient (Wildman–Crippen LogP) is 2.99. The second-order valence-corrected chi connectivity index (χ2v) is 6.37. The SMILES string of the molecule is Cc1ccc(C(=O)NCC(O)C(C)C)cc1NC(=O)c1ccccc1. The first kappa shape index (κ1) is 18.7. The highest BCUT2D eigenvalue weighted by atomic mass is 16.3. The molecule has 5 nitrogen and oxygen atoms in total. The Bertz CT molecular complexity index is 742. The number of hydrogen-bond acceptors (Lipinski definition) is 3. The van der Waals surface area contributed by atoms with Crippen LogP contribution in [0.15, 0.2) is 48.5 Å². The number of anilines is 1. The van der Waals surface area contributed by atoms with Crippen molar-refractivity contribution in [2.24, 2.45) is 5.92 Å². The van der Waals surface area contributed by atoms with Gasteiger partial charge in [-0.15, -0.1) is 0 Å². The van der Waals surface area contributed by atoms with E-state index >= 15 is 0 Å². The molecule has 0 saturated heterocycles. The molecule has 1 unspecified atom stereocenters. The topological polar surface area (TPSA) is 78.4 Å². The van der Waals surface area contributed by atoms with Crippen molar-refractivity contribution < 1.29 is 14.7 Å². The molecule has 0 aliphatic rings. The fourth-order valence-corrected chi connectivity index (χ4v) is 2.22. The molecule has 132 valence electrons. The summed E-state index contributed by atoms with van der Waals surface area (Å²) in [7, 11) is 0. The summed E-state index contributed by atoms with van der Waals surface area (Å²) in [5, 5.41) is 15.3. The van der Waals surface area contributed by atoms with Gasteiger partial charge in [0.2, 0.25) is 0 Å². The van der Waals surface area contributed by atoms with Crippen molar-refractivity contribution in [1.82, 2.24) is 5.32 Å². The van der Waals surface area contributed by atoms with Gasteiger partial charge < -0.3 is 15.7 Å². The Balaban J connectivity index is 2.09. The molecule has 2 rings (SSSR count). The van der Waals surface area contributed by atoms with E-state index < -0.39 is 6.10 Å². The number of carbonyl (C=O) groups is 2. The molecule has 0 heterocycles. The molecule has 5 heteroatoms. The number of hydrogen-bond donors (Lipinski definition) is 3. The van der Waals surface area contributed by atoms with Crippen molar-refractivity contribution in [2.75, 3.05) is 11.9 Å². The van der Waals surface area contributed by atoms with Crippen LogP contribution in [0.4, 0.5) is 5.69 Å². The van der Waals surface area contributed by atoms with Crippen molar-refractivity contribution in [1.29, 1.82) is 0 Å². The van der Waals surface area contributed by atoms with Crippen LogP contribution in [0.25, 0.3) is 0 Å². The van der Waals surface area contributed by atoms with Gasteiger partial charge in [0.15, 0.2) is 0 Å². The third kappa shape index (κ3) is 5.16. The maximum absolute atomic E-state index is 12.3. The maximum Gasteiger partial charge on any atom is 0.255 e. The molecule has 2 aromatic rings. The molecule has 1 atom stereocenters. The van der Waals surface area contributed by atoms with Gasteiger partial charge in [0.25, 0.3) is 11.8 Å². The van der Waals surface area contributed by atoms with Crippen LogP contribution in [0.3, 0.4) is 0 Å². The highest BCUT2D eigenvalue weighted by Crippen LogP contribution is 2.18. The zero-order chi connectivity index (χ0) is 18.4. The van der Waals surface area contributed by atoms with Gasteiger partial charge in [-0.05, 0) is 42.7 Å². The van der Waals surface area contributed by atoms with Crippen molar-refractivity contribution >= 4 is 17.5 Å². The molecule has 0 aliphatic carbocycles. The number of benzene rings is 2. The number of aryl methyl sites for hydroxylation is 1. The van der Waals surface area contributed by atoms with Crippen LogP contribution < -0.4 is 10.6 Å². The quantitative estimate of drug-likeness (QED) is 0.756. The van der Waals surface area contributed by atoms with Crippen LogP contribution in [0.1, 0.15) is 40.1 Å². The molecule has 2 amide bonds. The van der Waals surface area contributed by atoms with E-state index in [0.717, 1.165) is 5.56 Å². The third-order valence-electron chi connectivity index (χ3n) is 4.03. The molecule has 3 N–H and O–H groups in total. The molecule has 0 aliphatic heterocycles. The Morgan fingerprint density at radius 1 is 1.00 bits per heavy atom. The Morgan fingerprint density at radius 3 is 2.32 bits per heavy atom. The van der Waals surface area contributed by atoms with Crippen molar-refractivity contribution in [3.63, 3.8) is 0 Å². The highest BCUT2D eigenvalue weighted by Gasteiger charge is 2.14. The molecule has 0 spiro atoms. The molecule has 0 radical (unpaired) electrons. The summed E-state index contributed by atoms with van der Waals surface area (Å²) in [6.07, 6.45) is -0.591. The fourth-order valence-electron chi connectivity index (χ4n) is 2.22. The summed E-state index contributed by atoms with van der Waals surface area (Å²) in [4.78, 5) is 24.5. The van der Waals surface area contributed by atoms with Crippen molar-refractivity contribution in [3.05, 3.63) is 65.2 Å². The smallest absolute Gasteiger partial charge is 0.255 e. The van der Waals surface area contributed by atoms with Crippen LogP contribution in [-0.2, 0) is 0 Å². The molecular formula is C20H24N2O3. The maximum atomic E-state index is 12.3. The van der Waals surface area contributed by atoms with Crippen LogP contribution in [0.5, 0.6) is 0 Å². The van der Waals surface area contributed by atoms with E-state index in [1.165, 1.54) is 0 Å². The largest absolute Gasteiger partial charge is 0.391 e. The van der Waals surface area contributed by atoms with Gasteiger partial charge in [0.1, 0.15) is 0 Å². The van der Waals surface area contributed by atoms with E-state index in [4.69, 9.17) is 0 Å². The van der Waals surface area contributed by atoms with Gasteiger partial charge >= 0.3 is 0 Å². The van der Waals surface area contributed by atoms with Gasteiger partial charge in [0, 0.05) is 23.4 Å². The van der Waals surface area contributed by atoms with Crippen LogP contribution in [-0.4, -0.2) is 29.6 Å². The Kier molecular flexibility index (Phi) is 6.31. The van der Waals surface area contributed by atoms with E-state index in [2.05, 4.69) is 10.6 Å². The average Bonchev–Trinajstić information content (AvgIpc) is 2.61. The second-order valence-electron chi connectivity index (χ2n) is 6.37. The first-order valence-electron chi connectivity index (χ1n) is 8.32. The number of amides is 2. The predicted molar refractivity (Wildman–Crippen MR) is 98.8 cm³/mol.